The number of thioether (sulfide) groups is 1. The van der Waals surface area contributed by atoms with E-state index in [0.29, 0.717) is 12.6 Å². The molecular formula is C20H32N4O2S. The number of aliphatic hydroxyl groups is 1. The highest BCUT2D eigenvalue weighted by Crippen LogP contribution is 2.30. The van der Waals surface area contributed by atoms with Crippen LogP contribution in [0.3, 0.4) is 0 Å². The highest BCUT2D eigenvalue weighted by molar-refractivity contribution is 7.99. The van der Waals surface area contributed by atoms with E-state index >= 15 is 0 Å². The zero-order valence-corrected chi connectivity index (χ0v) is 17.2. The first kappa shape index (κ1) is 20.1. The molecule has 3 N–H and O–H groups in total. The van der Waals surface area contributed by atoms with Gasteiger partial charge in [0.2, 0.25) is 0 Å². The summed E-state index contributed by atoms with van der Waals surface area (Å²) in [5, 5.41) is 17.5. The van der Waals surface area contributed by atoms with E-state index in [4.69, 9.17) is 4.74 Å². The zero-order chi connectivity index (χ0) is 19.1. The second-order valence-electron chi connectivity index (χ2n) is 7.32. The minimum atomic E-state index is -0.650. The molecule has 7 heteroatoms. The van der Waals surface area contributed by atoms with Crippen LogP contribution in [0.2, 0.25) is 0 Å². The molecule has 0 spiro atoms. The van der Waals surface area contributed by atoms with Crippen molar-refractivity contribution in [3.8, 4) is 5.75 Å². The Hall–Kier alpha value is -1.60. The third-order valence-electron chi connectivity index (χ3n) is 5.15. The van der Waals surface area contributed by atoms with Gasteiger partial charge in [0.15, 0.2) is 5.96 Å². The molecule has 6 nitrogen and oxygen atoms in total. The molecule has 150 valence electrons. The number of nitrogens with zero attached hydrogens (tertiary/aromatic N) is 2. The molecule has 1 aromatic rings. The van der Waals surface area contributed by atoms with E-state index in [9.17, 15) is 5.11 Å². The molecule has 0 aromatic heterocycles. The first-order chi connectivity index (χ1) is 13.1. The number of piperidine rings is 1. The van der Waals surface area contributed by atoms with Crippen LogP contribution in [0.4, 0.5) is 5.69 Å². The van der Waals surface area contributed by atoms with Gasteiger partial charge in [0.1, 0.15) is 5.75 Å². The Morgan fingerprint density at radius 3 is 3.04 bits per heavy atom. The van der Waals surface area contributed by atoms with Crippen LogP contribution >= 0.6 is 11.8 Å². The van der Waals surface area contributed by atoms with Crippen LogP contribution in [0.1, 0.15) is 26.2 Å². The first-order valence-corrected chi connectivity index (χ1v) is 11.0. The third-order valence-corrected chi connectivity index (χ3v) is 6.38. The van der Waals surface area contributed by atoms with E-state index in [1.807, 2.05) is 12.1 Å². The number of nitrogens with one attached hydrogen (secondary N) is 2. The lowest BCUT2D eigenvalue weighted by atomic mass is 10.0. The number of para-hydroxylation sites is 2. The zero-order valence-electron chi connectivity index (χ0n) is 16.4. The smallest absolute Gasteiger partial charge is 0.191 e. The summed E-state index contributed by atoms with van der Waals surface area (Å²) in [4.78, 5) is 7.06. The van der Waals surface area contributed by atoms with Gasteiger partial charge in [-0.2, -0.15) is 11.8 Å². The van der Waals surface area contributed by atoms with Crippen LogP contribution in [-0.4, -0.2) is 67.5 Å². The van der Waals surface area contributed by atoms with Gasteiger partial charge < -0.3 is 25.4 Å². The first-order valence-electron chi connectivity index (χ1n) is 9.86. The summed E-state index contributed by atoms with van der Waals surface area (Å²) < 4.78 is 5.53. The number of hydrogen-bond donors (Lipinski definition) is 3. The Morgan fingerprint density at radius 2 is 2.30 bits per heavy atom. The van der Waals surface area contributed by atoms with Crippen molar-refractivity contribution in [1.82, 2.24) is 10.6 Å². The molecule has 2 fully saturated rings. The number of benzene rings is 1. The van der Waals surface area contributed by atoms with E-state index in [2.05, 4.69) is 39.6 Å². The lowest BCUT2D eigenvalue weighted by molar-refractivity contribution is 0.0778. The van der Waals surface area contributed by atoms with Crippen LogP contribution in [0.5, 0.6) is 5.75 Å². The second kappa shape index (κ2) is 9.55. The summed E-state index contributed by atoms with van der Waals surface area (Å²) in [7, 11) is 1.72. The minimum absolute atomic E-state index is 0.314. The van der Waals surface area contributed by atoms with Gasteiger partial charge >= 0.3 is 0 Å². The maximum Gasteiger partial charge on any atom is 0.191 e. The topological polar surface area (TPSA) is 69.1 Å². The number of hydrogen-bond acceptors (Lipinski definition) is 5. The van der Waals surface area contributed by atoms with Crippen LogP contribution in [-0.2, 0) is 0 Å². The highest BCUT2D eigenvalue weighted by Gasteiger charge is 2.31. The number of aliphatic imine (C=N–C) groups is 1. The Labute approximate surface area is 166 Å². The largest absolute Gasteiger partial charge is 0.495 e. The molecule has 0 radical (unpaired) electrons. The Kier molecular flexibility index (Phi) is 7.13. The molecule has 0 amide bonds. The fourth-order valence-corrected chi connectivity index (χ4v) is 4.95. The number of guanidine groups is 1. The van der Waals surface area contributed by atoms with E-state index in [-0.39, 0.29) is 0 Å². The highest BCUT2D eigenvalue weighted by atomic mass is 32.2. The van der Waals surface area contributed by atoms with Crippen molar-refractivity contribution in [2.24, 2.45) is 4.99 Å². The number of methoxy groups -OCH3 is 1. The average Bonchev–Trinajstić information content (AvgIpc) is 3.13. The van der Waals surface area contributed by atoms with Crippen molar-refractivity contribution >= 4 is 23.4 Å². The maximum atomic E-state index is 10.6. The van der Waals surface area contributed by atoms with E-state index < -0.39 is 5.60 Å². The molecule has 0 saturated carbocycles. The van der Waals surface area contributed by atoms with Crippen LogP contribution < -0.4 is 20.3 Å². The fourth-order valence-electron chi connectivity index (χ4n) is 3.67. The van der Waals surface area contributed by atoms with E-state index in [0.717, 1.165) is 67.8 Å². The van der Waals surface area contributed by atoms with Crippen molar-refractivity contribution in [3.05, 3.63) is 24.3 Å². The van der Waals surface area contributed by atoms with E-state index in [1.54, 1.807) is 18.9 Å². The summed E-state index contributed by atoms with van der Waals surface area (Å²) in [6.45, 7) is 5.27. The Morgan fingerprint density at radius 1 is 1.44 bits per heavy atom. The fraction of sp³-hybridized carbons (Fsp3) is 0.650. The van der Waals surface area contributed by atoms with E-state index in [1.165, 1.54) is 0 Å². The van der Waals surface area contributed by atoms with Crippen LogP contribution in [0, 0.1) is 0 Å². The molecule has 2 aliphatic rings. The molecule has 27 heavy (non-hydrogen) atoms. The lowest BCUT2D eigenvalue weighted by Gasteiger charge is -2.36. The standard InChI is InChI=1S/C20H32N4O2S/c1-3-21-19(22-14-20(25)10-12-27-15-20)23-16-7-6-11-24(13-16)17-8-4-5-9-18(17)26-2/h4-5,8-9,16,25H,3,6-7,10-15H2,1-2H3,(H2,21,22,23). The van der Waals surface area contributed by atoms with Gasteiger partial charge in [-0.3, -0.25) is 4.99 Å². The number of anilines is 1. The summed E-state index contributed by atoms with van der Waals surface area (Å²) in [6, 6.07) is 8.51. The molecule has 1 aromatic carbocycles. The van der Waals surface area contributed by atoms with Gasteiger partial charge in [-0.1, -0.05) is 12.1 Å². The molecule has 0 bridgehead atoms. The Bertz CT molecular complexity index is 634. The van der Waals surface area contributed by atoms with Gasteiger partial charge in [-0.25, -0.2) is 0 Å². The van der Waals surface area contributed by atoms with Crippen LogP contribution in [0.25, 0.3) is 0 Å². The average molecular weight is 393 g/mol. The molecule has 2 saturated heterocycles. The van der Waals surface area contributed by atoms with Gasteiger partial charge in [0.25, 0.3) is 0 Å². The monoisotopic (exact) mass is 392 g/mol. The molecule has 3 rings (SSSR count). The van der Waals surface area contributed by atoms with Crippen LogP contribution in [0.15, 0.2) is 29.3 Å². The van der Waals surface area contributed by atoms with Crippen molar-refractivity contribution < 1.29 is 9.84 Å². The normalized spacial score (nSPS) is 26.1. The molecule has 0 aliphatic carbocycles. The SMILES string of the molecule is CCNC(=NCC1(O)CCSC1)NC1CCCN(c2ccccc2OC)C1. The quantitative estimate of drug-likeness (QED) is 0.509. The number of rotatable bonds is 6. The predicted molar refractivity (Wildman–Crippen MR) is 114 cm³/mol. The lowest BCUT2D eigenvalue weighted by Crippen LogP contribution is -2.51. The van der Waals surface area contributed by atoms with Crippen molar-refractivity contribution in [3.63, 3.8) is 0 Å². The second-order valence-corrected chi connectivity index (χ2v) is 8.43. The van der Waals surface area contributed by atoms with Crippen molar-refractivity contribution in [2.75, 3.05) is 49.7 Å². The molecule has 2 aliphatic heterocycles. The summed E-state index contributed by atoms with van der Waals surface area (Å²) in [5.41, 5.74) is 0.494. The molecule has 2 unspecified atom stereocenters. The van der Waals surface area contributed by atoms with Crippen molar-refractivity contribution in [1.29, 1.82) is 0 Å². The third kappa shape index (κ3) is 5.45. The van der Waals surface area contributed by atoms with Gasteiger partial charge in [0.05, 0.1) is 24.9 Å². The molecule has 2 atom stereocenters. The van der Waals surface area contributed by atoms with Gasteiger partial charge in [-0.15, -0.1) is 0 Å². The predicted octanol–water partition coefficient (Wildman–Crippen LogP) is 2.09. The summed E-state index contributed by atoms with van der Waals surface area (Å²) >= 11 is 1.80. The van der Waals surface area contributed by atoms with Gasteiger partial charge in [-0.05, 0) is 44.1 Å². The van der Waals surface area contributed by atoms with Gasteiger partial charge in [0, 0.05) is 31.4 Å². The molecular weight excluding hydrogens is 360 g/mol. The number of ether oxygens (including phenoxy) is 1. The molecule has 2 heterocycles. The minimum Gasteiger partial charge on any atom is -0.495 e. The summed E-state index contributed by atoms with van der Waals surface area (Å²) in [5.74, 6) is 3.52. The Balaban J connectivity index is 1.63. The summed E-state index contributed by atoms with van der Waals surface area (Å²) in [6.07, 6.45) is 3.05. The maximum absolute atomic E-state index is 10.6. The van der Waals surface area contributed by atoms with Crippen molar-refractivity contribution in [2.45, 2.75) is 37.8 Å².